The van der Waals surface area contributed by atoms with Crippen LogP contribution in [0.25, 0.3) is 12.2 Å². The molecule has 0 radical (unpaired) electrons. The number of hydrogen-bond donors (Lipinski definition) is 2. The Hall–Kier alpha value is -2.18. The molecule has 6 heteroatoms. The van der Waals surface area contributed by atoms with Gasteiger partial charge >= 0.3 is 0 Å². The summed E-state index contributed by atoms with van der Waals surface area (Å²) in [6.45, 7) is 6.63. The summed E-state index contributed by atoms with van der Waals surface area (Å²) in [5, 5.41) is 16.7. The highest BCUT2D eigenvalue weighted by Gasteiger charge is 2.05. The van der Waals surface area contributed by atoms with Gasteiger partial charge in [0.15, 0.2) is 5.82 Å². The molecule has 0 saturated heterocycles. The predicted molar refractivity (Wildman–Crippen MR) is 89.0 cm³/mol. The first-order valence-electron chi connectivity index (χ1n) is 7.65. The quantitative estimate of drug-likeness (QED) is 0.777. The van der Waals surface area contributed by atoms with Gasteiger partial charge in [-0.1, -0.05) is 31.1 Å². The summed E-state index contributed by atoms with van der Waals surface area (Å²) in [5.74, 6) is 1.81. The topological polar surface area (TPSA) is 80.4 Å². The van der Waals surface area contributed by atoms with Crippen LogP contribution < -0.4 is 10.1 Å². The maximum Gasteiger partial charge on any atom is 0.250 e. The Bertz CT molecular complexity index is 620. The Morgan fingerprint density at radius 1 is 1.26 bits per heavy atom. The second-order valence-corrected chi connectivity index (χ2v) is 5.61. The Labute approximate surface area is 136 Å². The summed E-state index contributed by atoms with van der Waals surface area (Å²) in [6.07, 6.45) is 3.12. The Balaban J connectivity index is 1.81. The van der Waals surface area contributed by atoms with Crippen molar-refractivity contribution in [1.29, 1.82) is 0 Å². The molecule has 0 aliphatic carbocycles. The number of aryl methyl sites for hydroxylation is 1. The Kier molecular flexibility index (Phi) is 6.31. The van der Waals surface area contributed by atoms with E-state index in [0.29, 0.717) is 24.3 Å². The van der Waals surface area contributed by atoms with Gasteiger partial charge in [0.2, 0.25) is 0 Å². The van der Waals surface area contributed by atoms with Crippen LogP contribution >= 0.6 is 0 Å². The first kappa shape index (κ1) is 17.2. The monoisotopic (exact) mass is 317 g/mol. The molecule has 1 atom stereocenters. The lowest BCUT2D eigenvalue weighted by Crippen LogP contribution is -2.35. The number of nitrogens with zero attached hydrogens (tertiary/aromatic N) is 2. The molecule has 0 aliphatic rings. The average molecular weight is 317 g/mol. The van der Waals surface area contributed by atoms with Crippen LogP contribution in [0.5, 0.6) is 5.75 Å². The standard InChI is InChI=1S/C17H23N3O3/c1-12(2)18-10-15(21)11-22-16-7-4-14(5-8-16)6-9-17-19-13(3)20-23-17/h4-9,12,15,18,21H,10-11H2,1-3H3/b9-6-. The molecule has 2 aromatic rings. The number of hydrogen-bond acceptors (Lipinski definition) is 6. The summed E-state index contributed by atoms with van der Waals surface area (Å²) >= 11 is 0. The van der Waals surface area contributed by atoms with Gasteiger partial charge in [0.05, 0.1) is 0 Å². The first-order valence-corrected chi connectivity index (χ1v) is 7.65. The summed E-state index contributed by atoms with van der Waals surface area (Å²) in [4.78, 5) is 4.10. The van der Waals surface area contributed by atoms with Crippen LogP contribution in [0.2, 0.25) is 0 Å². The lowest BCUT2D eigenvalue weighted by atomic mass is 10.2. The van der Waals surface area contributed by atoms with Crippen LogP contribution in [-0.4, -0.2) is 40.5 Å². The van der Waals surface area contributed by atoms with Crippen molar-refractivity contribution in [2.75, 3.05) is 13.2 Å². The van der Waals surface area contributed by atoms with Gasteiger partial charge < -0.3 is 19.7 Å². The van der Waals surface area contributed by atoms with E-state index in [2.05, 4.69) is 15.5 Å². The van der Waals surface area contributed by atoms with Gasteiger partial charge in [-0.3, -0.25) is 0 Å². The third kappa shape index (κ3) is 6.22. The predicted octanol–water partition coefficient (Wildman–Crippen LogP) is 2.29. The molecule has 0 fully saturated rings. The van der Waals surface area contributed by atoms with E-state index in [9.17, 15) is 5.11 Å². The van der Waals surface area contributed by atoms with Crippen molar-refractivity contribution in [3.63, 3.8) is 0 Å². The Morgan fingerprint density at radius 2 is 2.00 bits per heavy atom. The van der Waals surface area contributed by atoms with Gasteiger partial charge in [-0.05, 0) is 30.7 Å². The van der Waals surface area contributed by atoms with E-state index < -0.39 is 6.10 Å². The first-order chi connectivity index (χ1) is 11.0. The second kappa shape index (κ2) is 8.45. The molecule has 0 amide bonds. The van der Waals surface area contributed by atoms with Crippen molar-refractivity contribution < 1.29 is 14.4 Å². The Morgan fingerprint density at radius 3 is 2.61 bits per heavy atom. The minimum absolute atomic E-state index is 0.260. The van der Waals surface area contributed by atoms with Crippen LogP contribution in [0.4, 0.5) is 0 Å². The number of aromatic nitrogens is 2. The third-order valence-electron chi connectivity index (χ3n) is 3.05. The fourth-order valence-corrected chi connectivity index (χ4v) is 1.85. The highest BCUT2D eigenvalue weighted by Crippen LogP contribution is 2.14. The summed E-state index contributed by atoms with van der Waals surface area (Å²) < 4.78 is 10.6. The molecule has 124 valence electrons. The van der Waals surface area contributed by atoms with E-state index in [1.165, 1.54) is 0 Å². The molecule has 23 heavy (non-hydrogen) atoms. The number of aliphatic hydroxyl groups excluding tert-OH is 1. The summed E-state index contributed by atoms with van der Waals surface area (Å²) in [5.41, 5.74) is 0.996. The number of nitrogens with one attached hydrogen (secondary N) is 1. The molecule has 1 unspecified atom stereocenters. The van der Waals surface area contributed by atoms with E-state index >= 15 is 0 Å². The summed E-state index contributed by atoms with van der Waals surface area (Å²) in [6, 6.07) is 7.92. The van der Waals surface area contributed by atoms with Crippen LogP contribution in [0.15, 0.2) is 28.8 Å². The zero-order valence-corrected chi connectivity index (χ0v) is 13.7. The van der Waals surface area contributed by atoms with E-state index in [0.717, 1.165) is 11.3 Å². The fourth-order valence-electron chi connectivity index (χ4n) is 1.85. The number of ether oxygens (including phenoxy) is 1. The van der Waals surface area contributed by atoms with Crippen molar-refractivity contribution >= 4 is 12.2 Å². The normalized spacial score (nSPS) is 12.9. The van der Waals surface area contributed by atoms with Crippen molar-refractivity contribution in [3.05, 3.63) is 41.5 Å². The zero-order valence-electron chi connectivity index (χ0n) is 13.7. The lowest BCUT2D eigenvalue weighted by Gasteiger charge is -2.15. The number of aliphatic hydroxyl groups is 1. The van der Waals surface area contributed by atoms with Gasteiger partial charge in [-0.2, -0.15) is 4.98 Å². The number of benzene rings is 1. The molecular formula is C17H23N3O3. The highest BCUT2D eigenvalue weighted by molar-refractivity contribution is 5.66. The molecule has 0 aliphatic heterocycles. The van der Waals surface area contributed by atoms with Gasteiger partial charge in [-0.15, -0.1) is 0 Å². The van der Waals surface area contributed by atoms with Crippen molar-refractivity contribution in [2.45, 2.75) is 32.9 Å². The minimum atomic E-state index is -0.530. The molecule has 2 N–H and O–H groups in total. The minimum Gasteiger partial charge on any atom is -0.491 e. The van der Waals surface area contributed by atoms with Crippen molar-refractivity contribution in [3.8, 4) is 5.75 Å². The molecule has 2 rings (SSSR count). The van der Waals surface area contributed by atoms with E-state index in [4.69, 9.17) is 9.26 Å². The lowest BCUT2D eigenvalue weighted by molar-refractivity contribution is 0.104. The highest BCUT2D eigenvalue weighted by atomic mass is 16.5. The van der Waals surface area contributed by atoms with Gasteiger partial charge in [0.1, 0.15) is 18.5 Å². The fraction of sp³-hybridized carbons (Fsp3) is 0.412. The summed E-state index contributed by atoms with van der Waals surface area (Å²) in [7, 11) is 0. The maximum absolute atomic E-state index is 9.80. The van der Waals surface area contributed by atoms with Crippen molar-refractivity contribution in [1.82, 2.24) is 15.5 Å². The molecule has 1 heterocycles. The van der Waals surface area contributed by atoms with Gasteiger partial charge in [0, 0.05) is 18.7 Å². The second-order valence-electron chi connectivity index (χ2n) is 5.61. The smallest absolute Gasteiger partial charge is 0.250 e. The molecule has 0 spiro atoms. The molecular weight excluding hydrogens is 294 g/mol. The largest absolute Gasteiger partial charge is 0.491 e. The maximum atomic E-state index is 9.80. The van der Waals surface area contributed by atoms with Crippen LogP contribution in [0.1, 0.15) is 31.1 Å². The van der Waals surface area contributed by atoms with E-state index in [1.54, 1.807) is 13.0 Å². The third-order valence-corrected chi connectivity index (χ3v) is 3.05. The SMILES string of the molecule is Cc1noc(/C=C\c2ccc(OCC(O)CNC(C)C)cc2)n1. The van der Waals surface area contributed by atoms with Crippen molar-refractivity contribution in [2.24, 2.45) is 0 Å². The molecule has 1 aromatic carbocycles. The van der Waals surface area contributed by atoms with Crippen LogP contribution in [0, 0.1) is 6.92 Å². The molecule has 1 aromatic heterocycles. The van der Waals surface area contributed by atoms with E-state index in [-0.39, 0.29) is 6.61 Å². The molecule has 0 saturated carbocycles. The average Bonchev–Trinajstić information content (AvgIpc) is 2.95. The number of rotatable bonds is 8. The van der Waals surface area contributed by atoms with Crippen LogP contribution in [-0.2, 0) is 0 Å². The van der Waals surface area contributed by atoms with E-state index in [1.807, 2.05) is 44.2 Å². The molecule has 0 bridgehead atoms. The van der Waals surface area contributed by atoms with Gasteiger partial charge in [-0.25, -0.2) is 0 Å². The molecule has 6 nitrogen and oxygen atoms in total. The van der Waals surface area contributed by atoms with Crippen LogP contribution in [0.3, 0.4) is 0 Å². The van der Waals surface area contributed by atoms with Gasteiger partial charge in [0.25, 0.3) is 5.89 Å². The zero-order chi connectivity index (χ0) is 16.7.